The Morgan fingerprint density at radius 2 is 2.11 bits per heavy atom. The van der Waals surface area contributed by atoms with Crippen molar-refractivity contribution in [2.45, 2.75) is 12.5 Å². The molecular weight excluding hydrogens is 240 g/mol. The molecule has 1 heterocycles. The number of hydrogen-bond acceptors (Lipinski definition) is 4. The molecule has 1 unspecified atom stereocenters. The number of methoxy groups -OCH3 is 1. The molecule has 19 heavy (non-hydrogen) atoms. The van der Waals surface area contributed by atoms with Gasteiger partial charge in [0.15, 0.2) is 0 Å². The molecule has 0 amide bonds. The van der Waals surface area contributed by atoms with E-state index in [0.29, 0.717) is 6.54 Å². The molecule has 0 spiro atoms. The molecule has 0 bridgehead atoms. The first-order chi connectivity index (χ1) is 9.19. The van der Waals surface area contributed by atoms with Crippen LogP contribution in [0.15, 0.2) is 24.3 Å². The van der Waals surface area contributed by atoms with E-state index in [1.807, 2.05) is 24.3 Å². The highest BCUT2D eigenvalue weighted by Crippen LogP contribution is 2.20. The van der Waals surface area contributed by atoms with Crippen LogP contribution in [0.25, 0.3) is 0 Å². The standard InChI is InChI=1S/C15H24N2O2/c1-16-7-4-8-17(10-9-16)12-15(18)13-5-3-6-14(11-13)19-2/h3,5-6,11,15,18H,4,7-10,12H2,1-2H3. The predicted molar refractivity (Wildman–Crippen MR) is 76.5 cm³/mol. The van der Waals surface area contributed by atoms with Gasteiger partial charge in [0.2, 0.25) is 0 Å². The number of nitrogens with zero attached hydrogens (tertiary/aromatic N) is 2. The van der Waals surface area contributed by atoms with Crippen LogP contribution < -0.4 is 4.74 Å². The van der Waals surface area contributed by atoms with Gasteiger partial charge in [-0.25, -0.2) is 0 Å². The van der Waals surface area contributed by atoms with Crippen LogP contribution in [0.3, 0.4) is 0 Å². The zero-order valence-electron chi connectivity index (χ0n) is 11.9. The van der Waals surface area contributed by atoms with Gasteiger partial charge in [-0.05, 0) is 44.3 Å². The third-order valence-electron chi connectivity index (χ3n) is 3.72. The molecule has 0 radical (unpaired) electrons. The molecule has 4 nitrogen and oxygen atoms in total. The Kier molecular flexibility index (Phi) is 5.19. The first-order valence-corrected chi connectivity index (χ1v) is 6.92. The quantitative estimate of drug-likeness (QED) is 0.891. The number of aliphatic hydroxyl groups is 1. The fourth-order valence-corrected chi connectivity index (χ4v) is 2.48. The average molecular weight is 264 g/mol. The predicted octanol–water partition coefficient (Wildman–Crippen LogP) is 1.37. The third-order valence-corrected chi connectivity index (χ3v) is 3.72. The van der Waals surface area contributed by atoms with Gasteiger partial charge in [0, 0.05) is 19.6 Å². The van der Waals surface area contributed by atoms with Gasteiger partial charge >= 0.3 is 0 Å². The number of hydrogen-bond donors (Lipinski definition) is 1. The summed E-state index contributed by atoms with van der Waals surface area (Å²) in [4.78, 5) is 4.69. The molecule has 1 aliphatic rings. The number of likely N-dealkylation sites (N-methyl/N-ethyl adjacent to an activating group) is 1. The van der Waals surface area contributed by atoms with Gasteiger partial charge in [-0.3, -0.25) is 4.90 Å². The topological polar surface area (TPSA) is 35.9 Å². The van der Waals surface area contributed by atoms with E-state index in [4.69, 9.17) is 4.74 Å². The fraction of sp³-hybridized carbons (Fsp3) is 0.600. The molecule has 0 aromatic heterocycles. The van der Waals surface area contributed by atoms with Crippen LogP contribution in [0.5, 0.6) is 5.75 Å². The molecule has 1 aromatic rings. The van der Waals surface area contributed by atoms with Crippen molar-refractivity contribution in [3.8, 4) is 5.75 Å². The van der Waals surface area contributed by atoms with Gasteiger partial charge in [-0.1, -0.05) is 12.1 Å². The molecule has 4 heteroatoms. The van der Waals surface area contributed by atoms with Crippen molar-refractivity contribution in [1.82, 2.24) is 9.80 Å². The number of β-amino-alcohol motifs (C(OH)–C–C–N with tert-alkyl or cyclic N) is 1. The second-order valence-corrected chi connectivity index (χ2v) is 5.25. The summed E-state index contributed by atoms with van der Waals surface area (Å²) in [6, 6.07) is 7.69. The van der Waals surface area contributed by atoms with E-state index in [9.17, 15) is 5.11 Å². The Hall–Kier alpha value is -1.10. The first kappa shape index (κ1) is 14.3. The summed E-state index contributed by atoms with van der Waals surface area (Å²) in [5.41, 5.74) is 0.928. The maximum atomic E-state index is 10.3. The lowest BCUT2D eigenvalue weighted by atomic mass is 10.1. The lowest BCUT2D eigenvalue weighted by Crippen LogP contribution is -2.32. The van der Waals surface area contributed by atoms with E-state index in [0.717, 1.165) is 37.5 Å². The second-order valence-electron chi connectivity index (χ2n) is 5.25. The Morgan fingerprint density at radius 1 is 1.26 bits per heavy atom. The molecule has 0 saturated carbocycles. The molecule has 1 N–H and O–H groups in total. The van der Waals surface area contributed by atoms with Crippen LogP contribution in [0.4, 0.5) is 0 Å². The lowest BCUT2D eigenvalue weighted by molar-refractivity contribution is 0.115. The van der Waals surface area contributed by atoms with Gasteiger partial charge in [0.05, 0.1) is 13.2 Å². The SMILES string of the molecule is COc1cccc(C(O)CN2CCCN(C)CC2)c1. The minimum Gasteiger partial charge on any atom is -0.497 e. The van der Waals surface area contributed by atoms with Crippen LogP contribution >= 0.6 is 0 Å². The summed E-state index contributed by atoms with van der Waals surface area (Å²) in [5, 5.41) is 10.3. The van der Waals surface area contributed by atoms with Crippen LogP contribution in [0, 0.1) is 0 Å². The molecular formula is C15H24N2O2. The molecule has 1 saturated heterocycles. The highest BCUT2D eigenvalue weighted by Gasteiger charge is 2.16. The van der Waals surface area contributed by atoms with Crippen molar-refractivity contribution in [3.05, 3.63) is 29.8 Å². The van der Waals surface area contributed by atoms with E-state index in [2.05, 4.69) is 16.8 Å². The van der Waals surface area contributed by atoms with E-state index in [1.165, 1.54) is 6.42 Å². The molecule has 1 atom stereocenters. The maximum absolute atomic E-state index is 10.3. The van der Waals surface area contributed by atoms with Crippen molar-refractivity contribution in [1.29, 1.82) is 0 Å². The number of ether oxygens (including phenoxy) is 1. The van der Waals surface area contributed by atoms with Gasteiger partial charge in [0.1, 0.15) is 5.75 Å². The van der Waals surface area contributed by atoms with E-state index in [-0.39, 0.29) is 0 Å². The van der Waals surface area contributed by atoms with Gasteiger partial charge < -0.3 is 14.7 Å². The van der Waals surface area contributed by atoms with Gasteiger partial charge in [-0.2, -0.15) is 0 Å². The smallest absolute Gasteiger partial charge is 0.119 e. The van der Waals surface area contributed by atoms with E-state index < -0.39 is 6.10 Å². The Labute approximate surface area is 115 Å². The molecule has 106 valence electrons. The van der Waals surface area contributed by atoms with Crippen LogP contribution in [0.2, 0.25) is 0 Å². The summed E-state index contributed by atoms with van der Waals surface area (Å²) < 4.78 is 5.20. The van der Waals surface area contributed by atoms with Crippen molar-refractivity contribution in [2.24, 2.45) is 0 Å². The average Bonchev–Trinajstić information content (AvgIpc) is 2.64. The highest BCUT2D eigenvalue weighted by atomic mass is 16.5. The molecule has 1 aromatic carbocycles. The summed E-state index contributed by atoms with van der Waals surface area (Å²) in [6.07, 6.45) is 0.722. The minimum absolute atomic E-state index is 0.446. The first-order valence-electron chi connectivity index (χ1n) is 6.92. The van der Waals surface area contributed by atoms with Crippen molar-refractivity contribution in [3.63, 3.8) is 0 Å². The van der Waals surface area contributed by atoms with Gasteiger partial charge in [0.25, 0.3) is 0 Å². The Bertz CT molecular complexity index is 397. The zero-order chi connectivity index (χ0) is 13.7. The largest absolute Gasteiger partial charge is 0.497 e. The van der Waals surface area contributed by atoms with Crippen molar-refractivity contribution < 1.29 is 9.84 Å². The number of rotatable bonds is 4. The number of aliphatic hydroxyl groups excluding tert-OH is 1. The minimum atomic E-state index is -0.446. The summed E-state index contributed by atoms with van der Waals surface area (Å²) >= 11 is 0. The van der Waals surface area contributed by atoms with E-state index >= 15 is 0 Å². The van der Waals surface area contributed by atoms with Crippen LogP contribution in [0.1, 0.15) is 18.1 Å². The van der Waals surface area contributed by atoms with Crippen LogP contribution in [-0.4, -0.2) is 61.8 Å². The summed E-state index contributed by atoms with van der Waals surface area (Å²) in [7, 11) is 3.80. The summed E-state index contributed by atoms with van der Waals surface area (Å²) in [6.45, 7) is 5.00. The Morgan fingerprint density at radius 3 is 2.89 bits per heavy atom. The lowest BCUT2D eigenvalue weighted by Gasteiger charge is -2.23. The maximum Gasteiger partial charge on any atom is 0.119 e. The monoisotopic (exact) mass is 264 g/mol. The van der Waals surface area contributed by atoms with Gasteiger partial charge in [-0.15, -0.1) is 0 Å². The number of benzene rings is 1. The van der Waals surface area contributed by atoms with E-state index in [1.54, 1.807) is 7.11 Å². The highest BCUT2D eigenvalue weighted by molar-refractivity contribution is 5.29. The third kappa shape index (κ3) is 4.20. The van der Waals surface area contributed by atoms with Crippen LogP contribution in [-0.2, 0) is 0 Å². The molecule has 1 fully saturated rings. The fourth-order valence-electron chi connectivity index (χ4n) is 2.48. The molecule has 1 aliphatic heterocycles. The Balaban J connectivity index is 1.93. The summed E-state index contributed by atoms with van der Waals surface area (Å²) in [5.74, 6) is 0.798. The van der Waals surface area contributed by atoms with Crippen molar-refractivity contribution in [2.75, 3.05) is 46.9 Å². The normalized spacial score (nSPS) is 19.9. The second kappa shape index (κ2) is 6.89. The zero-order valence-corrected chi connectivity index (χ0v) is 11.9. The van der Waals surface area contributed by atoms with Crippen molar-refractivity contribution >= 4 is 0 Å². The molecule has 0 aliphatic carbocycles. The molecule has 2 rings (SSSR count).